The van der Waals surface area contributed by atoms with Crippen LogP contribution in [0.5, 0.6) is 5.75 Å². The van der Waals surface area contributed by atoms with Gasteiger partial charge in [0, 0.05) is 0 Å². The molecule has 0 saturated heterocycles. The van der Waals surface area contributed by atoms with Crippen molar-refractivity contribution in [2.24, 2.45) is 5.92 Å². The smallest absolute Gasteiger partial charge is 0.189 e. The van der Waals surface area contributed by atoms with Crippen molar-refractivity contribution in [1.29, 1.82) is 0 Å². The highest BCUT2D eigenvalue weighted by Gasteiger charge is 2.21. The van der Waals surface area contributed by atoms with Crippen molar-refractivity contribution in [2.45, 2.75) is 19.8 Å². The van der Waals surface area contributed by atoms with Crippen LogP contribution in [-0.4, -0.2) is 13.4 Å². The molecular weight excluding hydrogens is 195 g/mol. The maximum Gasteiger partial charge on any atom is 0.189 e. The Bertz CT molecular complexity index is 334. The maximum atomic E-state index is 12.8. The normalized spacial score (nSPS) is 15.3. The van der Waals surface area contributed by atoms with Crippen LogP contribution in [0.15, 0.2) is 18.2 Å². The van der Waals surface area contributed by atoms with Crippen LogP contribution in [0.4, 0.5) is 4.39 Å². The molecule has 1 fully saturated rings. The van der Waals surface area contributed by atoms with Crippen molar-refractivity contribution in [3.8, 4) is 5.75 Å². The molecule has 0 amide bonds. The summed E-state index contributed by atoms with van der Waals surface area (Å²) < 4.78 is 23.5. The molecule has 1 aliphatic carbocycles. The minimum Gasteiger partial charge on any atom is -0.467 e. The molecule has 15 heavy (non-hydrogen) atoms. The zero-order valence-electron chi connectivity index (χ0n) is 8.83. The molecule has 2 rings (SSSR count). The van der Waals surface area contributed by atoms with Crippen molar-refractivity contribution >= 4 is 0 Å². The van der Waals surface area contributed by atoms with Gasteiger partial charge in [-0.2, -0.15) is 0 Å². The maximum absolute atomic E-state index is 12.8. The third-order valence-electron chi connectivity index (χ3n) is 2.49. The Balaban J connectivity index is 1.76. The largest absolute Gasteiger partial charge is 0.467 e. The molecule has 1 aromatic rings. The predicted octanol–water partition coefficient (Wildman–Crippen LogP) is 2.90. The highest BCUT2D eigenvalue weighted by Crippen LogP contribution is 2.28. The molecule has 0 atom stereocenters. The van der Waals surface area contributed by atoms with Gasteiger partial charge >= 0.3 is 0 Å². The summed E-state index contributed by atoms with van der Waals surface area (Å²) in [6.45, 7) is 2.85. The van der Waals surface area contributed by atoms with Gasteiger partial charge in [0.15, 0.2) is 6.79 Å². The van der Waals surface area contributed by atoms with E-state index in [1.807, 2.05) is 6.92 Å². The van der Waals surface area contributed by atoms with E-state index in [4.69, 9.17) is 9.47 Å². The van der Waals surface area contributed by atoms with Crippen LogP contribution in [0.1, 0.15) is 18.4 Å². The summed E-state index contributed by atoms with van der Waals surface area (Å²) in [5, 5.41) is 0. The number of ether oxygens (including phenoxy) is 2. The molecule has 0 radical (unpaired) electrons. The molecule has 0 aromatic heterocycles. The molecule has 82 valence electrons. The molecule has 1 saturated carbocycles. The Morgan fingerprint density at radius 1 is 1.40 bits per heavy atom. The Morgan fingerprint density at radius 3 is 2.87 bits per heavy atom. The van der Waals surface area contributed by atoms with E-state index in [0.29, 0.717) is 5.75 Å². The lowest BCUT2D eigenvalue weighted by atomic mass is 10.2. The average Bonchev–Trinajstić information content (AvgIpc) is 2.99. The van der Waals surface area contributed by atoms with E-state index in [1.165, 1.54) is 25.0 Å². The third-order valence-corrected chi connectivity index (χ3v) is 2.49. The first-order valence-corrected chi connectivity index (χ1v) is 5.22. The van der Waals surface area contributed by atoms with Crippen LogP contribution < -0.4 is 4.74 Å². The Hall–Kier alpha value is -1.09. The van der Waals surface area contributed by atoms with Gasteiger partial charge in [-0.05, 0) is 49.4 Å². The molecule has 0 bridgehead atoms. The van der Waals surface area contributed by atoms with Crippen molar-refractivity contribution < 1.29 is 13.9 Å². The van der Waals surface area contributed by atoms with Gasteiger partial charge in [-0.3, -0.25) is 0 Å². The van der Waals surface area contributed by atoms with Crippen molar-refractivity contribution in [2.75, 3.05) is 13.4 Å². The topological polar surface area (TPSA) is 18.5 Å². The number of benzene rings is 1. The minimum atomic E-state index is -0.237. The van der Waals surface area contributed by atoms with E-state index in [1.54, 1.807) is 6.07 Å². The molecule has 0 heterocycles. The van der Waals surface area contributed by atoms with E-state index in [-0.39, 0.29) is 12.6 Å². The SMILES string of the molecule is Cc1cc(F)ccc1OCOCC1CC1. The van der Waals surface area contributed by atoms with Crippen LogP contribution >= 0.6 is 0 Å². The Kier molecular flexibility index (Phi) is 3.21. The lowest BCUT2D eigenvalue weighted by Gasteiger charge is -2.09. The van der Waals surface area contributed by atoms with Gasteiger partial charge in [-0.25, -0.2) is 4.39 Å². The minimum absolute atomic E-state index is 0.237. The van der Waals surface area contributed by atoms with Crippen LogP contribution in [0, 0.1) is 18.7 Å². The molecule has 0 N–H and O–H groups in total. The van der Waals surface area contributed by atoms with E-state index in [2.05, 4.69) is 0 Å². The number of rotatable bonds is 5. The average molecular weight is 210 g/mol. The van der Waals surface area contributed by atoms with Crippen LogP contribution in [-0.2, 0) is 4.74 Å². The number of aryl methyl sites for hydroxylation is 1. The number of halogens is 1. The predicted molar refractivity (Wildman–Crippen MR) is 55.3 cm³/mol. The van der Waals surface area contributed by atoms with Gasteiger partial charge < -0.3 is 9.47 Å². The molecule has 1 aromatic carbocycles. The summed E-state index contributed by atoms with van der Waals surface area (Å²) >= 11 is 0. The second kappa shape index (κ2) is 4.62. The lowest BCUT2D eigenvalue weighted by molar-refractivity contribution is 0.00957. The molecule has 1 aliphatic rings. The van der Waals surface area contributed by atoms with Gasteiger partial charge in [0.1, 0.15) is 11.6 Å². The second-order valence-electron chi connectivity index (χ2n) is 3.99. The van der Waals surface area contributed by atoms with Gasteiger partial charge in [0.2, 0.25) is 0 Å². The zero-order chi connectivity index (χ0) is 10.7. The fourth-order valence-corrected chi connectivity index (χ4v) is 1.38. The van der Waals surface area contributed by atoms with Crippen LogP contribution in [0.25, 0.3) is 0 Å². The fourth-order valence-electron chi connectivity index (χ4n) is 1.38. The summed E-state index contributed by atoms with van der Waals surface area (Å²) in [6.07, 6.45) is 2.55. The summed E-state index contributed by atoms with van der Waals surface area (Å²) in [5.74, 6) is 1.19. The number of hydrogen-bond acceptors (Lipinski definition) is 2. The first kappa shape index (κ1) is 10.4. The molecule has 0 unspecified atom stereocenters. The fraction of sp³-hybridized carbons (Fsp3) is 0.500. The van der Waals surface area contributed by atoms with E-state index < -0.39 is 0 Å². The van der Waals surface area contributed by atoms with Gasteiger partial charge in [-0.1, -0.05) is 0 Å². The van der Waals surface area contributed by atoms with E-state index in [9.17, 15) is 4.39 Å². The summed E-state index contributed by atoms with van der Waals surface area (Å²) in [6, 6.07) is 4.48. The van der Waals surface area contributed by atoms with E-state index >= 15 is 0 Å². The van der Waals surface area contributed by atoms with Crippen molar-refractivity contribution in [3.05, 3.63) is 29.6 Å². The summed E-state index contributed by atoms with van der Waals surface area (Å²) in [5.41, 5.74) is 0.796. The van der Waals surface area contributed by atoms with E-state index in [0.717, 1.165) is 18.1 Å². The molecule has 3 heteroatoms. The summed E-state index contributed by atoms with van der Waals surface area (Å²) in [4.78, 5) is 0. The monoisotopic (exact) mass is 210 g/mol. The highest BCUT2D eigenvalue weighted by atomic mass is 19.1. The summed E-state index contributed by atoms with van der Waals surface area (Å²) in [7, 11) is 0. The van der Waals surface area contributed by atoms with Crippen molar-refractivity contribution in [1.82, 2.24) is 0 Å². The molecule has 2 nitrogen and oxygen atoms in total. The third kappa shape index (κ3) is 3.20. The first-order valence-electron chi connectivity index (χ1n) is 5.22. The second-order valence-corrected chi connectivity index (χ2v) is 3.99. The molecule has 0 spiro atoms. The first-order chi connectivity index (χ1) is 7.25. The van der Waals surface area contributed by atoms with Gasteiger partial charge in [0.05, 0.1) is 6.61 Å². The zero-order valence-corrected chi connectivity index (χ0v) is 8.83. The highest BCUT2D eigenvalue weighted by molar-refractivity contribution is 5.32. The number of hydrogen-bond donors (Lipinski definition) is 0. The van der Waals surface area contributed by atoms with Crippen molar-refractivity contribution in [3.63, 3.8) is 0 Å². The quantitative estimate of drug-likeness (QED) is 0.549. The van der Waals surface area contributed by atoms with Crippen LogP contribution in [0.2, 0.25) is 0 Å². The van der Waals surface area contributed by atoms with Gasteiger partial charge in [0.25, 0.3) is 0 Å². The standard InChI is InChI=1S/C12H15FO2/c1-9-6-11(13)4-5-12(9)15-8-14-7-10-2-3-10/h4-6,10H,2-3,7-8H2,1H3. The Labute approximate surface area is 89.0 Å². The van der Waals surface area contributed by atoms with Gasteiger partial charge in [-0.15, -0.1) is 0 Å². The molecule has 0 aliphatic heterocycles. The Morgan fingerprint density at radius 2 is 2.20 bits per heavy atom. The van der Waals surface area contributed by atoms with Crippen LogP contribution in [0.3, 0.4) is 0 Å². The molecular formula is C12H15FO2. The lowest BCUT2D eigenvalue weighted by Crippen LogP contribution is -2.05.